The van der Waals surface area contributed by atoms with Crippen molar-refractivity contribution in [3.8, 4) is 0 Å². The van der Waals surface area contributed by atoms with Crippen molar-refractivity contribution in [1.82, 2.24) is 19.5 Å². The molecular weight excluding hydrogens is 338 g/mol. The van der Waals surface area contributed by atoms with E-state index in [4.69, 9.17) is 4.74 Å². The Morgan fingerprint density at radius 2 is 1.88 bits per heavy atom. The van der Waals surface area contributed by atoms with Gasteiger partial charge in [-0.1, -0.05) is 17.7 Å². The summed E-state index contributed by atoms with van der Waals surface area (Å²) < 4.78 is 7.08. The Balaban J connectivity index is 1.68. The van der Waals surface area contributed by atoms with Gasteiger partial charge in [-0.25, -0.2) is 15.0 Å². The Hall–Kier alpha value is -2.59. The van der Waals surface area contributed by atoms with Gasteiger partial charge >= 0.3 is 0 Å². The lowest BCUT2D eigenvalue weighted by molar-refractivity contribution is -0.0511. The number of nitrogens with one attached hydrogen (secondary N) is 1. The average molecular weight is 357 g/mol. The number of imidazole rings is 1. The lowest BCUT2D eigenvalue weighted by atomic mass is 10.1. The molecule has 0 radical (unpaired) electrons. The molecule has 0 amide bonds. The molecule has 3 aromatic rings. The van der Waals surface area contributed by atoms with Gasteiger partial charge in [-0.2, -0.15) is 0 Å². The summed E-state index contributed by atoms with van der Waals surface area (Å²) in [6.45, 7) is 1.62. The van der Waals surface area contributed by atoms with E-state index in [9.17, 15) is 15.3 Å². The topological polar surface area (TPSA) is 126 Å². The number of aryl methyl sites for hydroxylation is 1. The van der Waals surface area contributed by atoms with Crippen LogP contribution in [0.25, 0.3) is 11.2 Å². The second-order valence-electron chi connectivity index (χ2n) is 6.27. The summed E-state index contributed by atoms with van der Waals surface area (Å²) >= 11 is 0. The zero-order chi connectivity index (χ0) is 18.3. The Morgan fingerprint density at radius 1 is 1.12 bits per heavy atom. The molecule has 1 saturated heterocycles. The van der Waals surface area contributed by atoms with Gasteiger partial charge < -0.3 is 25.4 Å². The van der Waals surface area contributed by atoms with E-state index < -0.39 is 31.1 Å². The first-order valence-corrected chi connectivity index (χ1v) is 8.22. The van der Waals surface area contributed by atoms with Crippen LogP contribution in [0.4, 0.5) is 11.5 Å². The quantitative estimate of drug-likeness (QED) is 0.532. The molecule has 1 fully saturated rings. The van der Waals surface area contributed by atoms with Crippen LogP contribution in [0.1, 0.15) is 11.8 Å². The molecule has 0 bridgehead atoms. The van der Waals surface area contributed by atoms with E-state index in [1.54, 1.807) is 0 Å². The van der Waals surface area contributed by atoms with Gasteiger partial charge in [0.1, 0.15) is 24.6 Å². The summed E-state index contributed by atoms with van der Waals surface area (Å²) in [7, 11) is 0. The molecular formula is C17H19N5O4. The van der Waals surface area contributed by atoms with Gasteiger partial charge in [0, 0.05) is 5.69 Å². The van der Waals surface area contributed by atoms with Gasteiger partial charge in [-0.15, -0.1) is 0 Å². The first-order chi connectivity index (χ1) is 12.6. The van der Waals surface area contributed by atoms with E-state index in [1.807, 2.05) is 31.2 Å². The van der Waals surface area contributed by atoms with Crippen molar-refractivity contribution < 1.29 is 20.1 Å². The summed E-state index contributed by atoms with van der Waals surface area (Å²) in [4.78, 5) is 12.8. The third-order valence-electron chi connectivity index (χ3n) is 4.46. The Labute approximate surface area is 148 Å². The van der Waals surface area contributed by atoms with Crippen molar-refractivity contribution in [2.45, 2.75) is 31.5 Å². The summed E-state index contributed by atoms with van der Waals surface area (Å²) in [5.74, 6) is 0.518. The monoisotopic (exact) mass is 357 g/mol. The third-order valence-corrected chi connectivity index (χ3v) is 4.46. The van der Waals surface area contributed by atoms with Crippen LogP contribution in [-0.2, 0) is 4.74 Å². The minimum absolute atomic E-state index is 0.392. The largest absolute Gasteiger partial charge is 0.394 e. The molecule has 9 heteroatoms. The predicted octanol–water partition coefficient (Wildman–Crippen LogP) is 0.490. The highest BCUT2D eigenvalue weighted by Gasteiger charge is 2.44. The van der Waals surface area contributed by atoms with Crippen LogP contribution >= 0.6 is 0 Å². The van der Waals surface area contributed by atoms with Crippen molar-refractivity contribution in [3.63, 3.8) is 0 Å². The van der Waals surface area contributed by atoms with Gasteiger partial charge in [0.25, 0.3) is 0 Å². The van der Waals surface area contributed by atoms with Gasteiger partial charge in [0.05, 0.1) is 12.9 Å². The van der Waals surface area contributed by atoms with E-state index in [0.717, 1.165) is 11.3 Å². The molecule has 1 aromatic carbocycles. The zero-order valence-corrected chi connectivity index (χ0v) is 14.0. The van der Waals surface area contributed by atoms with Crippen molar-refractivity contribution in [1.29, 1.82) is 0 Å². The Morgan fingerprint density at radius 3 is 2.58 bits per heavy atom. The van der Waals surface area contributed by atoms with Crippen molar-refractivity contribution in [2.75, 3.05) is 11.9 Å². The van der Waals surface area contributed by atoms with E-state index in [2.05, 4.69) is 20.3 Å². The number of hydrogen-bond acceptors (Lipinski definition) is 8. The molecule has 1 aliphatic heterocycles. The minimum Gasteiger partial charge on any atom is -0.394 e. The number of anilines is 2. The number of rotatable bonds is 4. The van der Waals surface area contributed by atoms with Gasteiger partial charge in [0.15, 0.2) is 23.2 Å². The summed E-state index contributed by atoms with van der Waals surface area (Å²) in [6.07, 6.45) is -1.28. The average Bonchev–Trinajstić information content (AvgIpc) is 3.19. The first kappa shape index (κ1) is 16.9. The highest BCUT2D eigenvalue weighted by Crippen LogP contribution is 2.32. The molecule has 1 aliphatic rings. The van der Waals surface area contributed by atoms with Crippen molar-refractivity contribution >= 4 is 22.7 Å². The number of aliphatic hydroxyl groups is 3. The highest BCUT2D eigenvalue weighted by molar-refractivity contribution is 5.85. The molecule has 136 valence electrons. The lowest BCUT2D eigenvalue weighted by Gasteiger charge is -2.16. The summed E-state index contributed by atoms with van der Waals surface area (Å²) in [6, 6.07) is 7.84. The normalized spacial score (nSPS) is 25.7. The molecule has 4 rings (SSSR count). The molecule has 0 spiro atoms. The van der Waals surface area contributed by atoms with Crippen LogP contribution in [0.3, 0.4) is 0 Å². The summed E-state index contributed by atoms with van der Waals surface area (Å²) in [5, 5.41) is 32.6. The second kappa shape index (κ2) is 6.61. The van der Waals surface area contributed by atoms with E-state index in [1.165, 1.54) is 17.2 Å². The predicted molar refractivity (Wildman–Crippen MR) is 92.8 cm³/mol. The minimum atomic E-state index is -1.20. The molecule has 0 aliphatic carbocycles. The first-order valence-electron chi connectivity index (χ1n) is 8.22. The molecule has 2 aromatic heterocycles. The fraction of sp³-hybridized carbons (Fsp3) is 0.353. The number of benzene rings is 1. The van der Waals surface area contributed by atoms with Crippen LogP contribution < -0.4 is 5.32 Å². The molecule has 3 heterocycles. The fourth-order valence-electron chi connectivity index (χ4n) is 3.01. The molecule has 9 nitrogen and oxygen atoms in total. The number of hydrogen-bond donors (Lipinski definition) is 4. The number of fused-ring (bicyclic) bond motifs is 1. The molecule has 0 unspecified atom stereocenters. The number of nitrogens with zero attached hydrogens (tertiary/aromatic N) is 4. The van der Waals surface area contributed by atoms with Crippen LogP contribution in [0.5, 0.6) is 0 Å². The second-order valence-corrected chi connectivity index (χ2v) is 6.27. The molecule has 4 atom stereocenters. The SMILES string of the molecule is Cc1ccc(Nc2ncnc3c2ncn3[C@@H]2O[C@H](CO)[C@@H](O)[C@H]2O)cc1. The lowest BCUT2D eigenvalue weighted by Crippen LogP contribution is -2.33. The van der Waals surface area contributed by atoms with Crippen LogP contribution in [0, 0.1) is 6.92 Å². The standard InChI is InChI=1S/C17H19N5O4/c1-9-2-4-10(5-3-9)21-15-12-16(19-7-18-15)22(8-20-12)17-14(25)13(24)11(6-23)26-17/h2-5,7-8,11,13-14,17,23-25H,6H2,1H3,(H,18,19,21)/t11-,13-,14-,17-/m1/s1. The highest BCUT2D eigenvalue weighted by atomic mass is 16.6. The summed E-state index contributed by atoms with van der Waals surface area (Å²) in [5.41, 5.74) is 2.96. The number of aromatic nitrogens is 4. The van der Waals surface area contributed by atoms with E-state index in [0.29, 0.717) is 17.0 Å². The smallest absolute Gasteiger partial charge is 0.167 e. The maximum absolute atomic E-state index is 10.2. The Kier molecular flexibility index (Phi) is 4.29. The van der Waals surface area contributed by atoms with Gasteiger partial charge in [0.2, 0.25) is 0 Å². The zero-order valence-electron chi connectivity index (χ0n) is 14.0. The van der Waals surface area contributed by atoms with Gasteiger partial charge in [-0.05, 0) is 19.1 Å². The number of ether oxygens (including phenoxy) is 1. The van der Waals surface area contributed by atoms with Crippen LogP contribution in [0.2, 0.25) is 0 Å². The van der Waals surface area contributed by atoms with Crippen LogP contribution in [0.15, 0.2) is 36.9 Å². The Bertz CT molecular complexity index is 913. The van der Waals surface area contributed by atoms with Crippen molar-refractivity contribution in [2.24, 2.45) is 0 Å². The fourth-order valence-corrected chi connectivity index (χ4v) is 3.01. The van der Waals surface area contributed by atoms with Gasteiger partial charge in [-0.3, -0.25) is 4.57 Å². The number of aliphatic hydroxyl groups excluding tert-OH is 3. The maximum Gasteiger partial charge on any atom is 0.167 e. The molecule has 4 N–H and O–H groups in total. The van der Waals surface area contributed by atoms with Crippen LogP contribution in [-0.4, -0.2) is 59.8 Å². The van der Waals surface area contributed by atoms with Crippen molar-refractivity contribution in [3.05, 3.63) is 42.5 Å². The molecule has 0 saturated carbocycles. The maximum atomic E-state index is 10.2. The molecule has 26 heavy (non-hydrogen) atoms. The third kappa shape index (κ3) is 2.80. The van der Waals surface area contributed by atoms with E-state index >= 15 is 0 Å². The van der Waals surface area contributed by atoms with E-state index in [-0.39, 0.29) is 0 Å².